The van der Waals surface area contributed by atoms with Crippen LogP contribution in [-0.4, -0.2) is 12.3 Å². The largest absolute Gasteiger partial charge is 0.383 e. The molecule has 0 saturated carbocycles. The van der Waals surface area contributed by atoms with E-state index in [0.717, 1.165) is 16.8 Å². The number of ketones is 1. The first-order chi connectivity index (χ1) is 6.18. The molecule has 0 fully saturated rings. The number of halogens is 1. The van der Waals surface area contributed by atoms with E-state index in [1.54, 1.807) is 0 Å². The summed E-state index contributed by atoms with van der Waals surface area (Å²) in [6, 6.07) is 3.75. The number of aryl methyl sites for hydroxylation is 1. The van der Waals surface area contributed by atoms with Crippen molar-refractivity contribution in [2.45, 2.75) is 13.3 Å². The molecule has 0 spiro atoms. The van der Waals surface area contributed by atoms with E-state index in [1.807, 2.05) is 19.1 Å². The summed E-state index contributed by atoms with van der Waals surface area (Å²) in [5.74, 6) is 0.180. The molecule has 1 aromatic rings. The van der Waals surface area contributed by atoms with E-state index in [1.165, 1.54) is 0 Å². The zero-order valence-corrected chi connectivity index (χ0v) is 8.11. The van der Waals surface area contributed by atoms with Crippen LogP contribution in [0.15, 0.2) is 12.1 Å². The van der Waals surface area contributed by atoms with Crippen molar-refractivity contribution >= 4 is 23.1 Å². The summed E-state index contributed by atoms with van der Waals surface area (Å²) in [6.07, 6.45) is 0.562. The van der Waals surface area contributed by atoms with Crippen LogP contribution in [-0.2, 0) is 0 Å². The topological polar surface area (TPSA) is 29.1 Å². The van der Waals surface area contributed by atoms with Crippen molar-refractivity contribution in [1.82, 2.24) is 0 Å². The molecule has 0 saturated heterocycles. The molecule has 1 aromatic carbocycles. The predicted molar refractivity (Wildman–Crippen MR) is 53.6 cm³/mol. The number of hydrogen-bond donors (Lipinski definition) is 1. The van der Waals surface area contributed by atoms with E-state index in [2.05, 4.69) is 5.32 Å². The lowest BCUT2D eigenvalue weighted by Gasteiger charge is -2.18. The van der Waals surface area contributed by atoms with Gasteiger partial charge >= 0.3 is 0 Å². The van der Waals surface area contributed by atoms with Crippen molar-refractivity contribution < 1.29 is 4.79 Å². The van der Waals surface area contributed by atoms with Crippen molar-refractivity contribution in [3.63, 3.8) is 0 Å². The Morgan fingerprint density at radius 2 is 2.23 bits per heavy atom. The lowest BCUT2D eigenvalue weighted by molar-refractivity contribution is 0.0983. The Kier molecular flexibility index (Phi) is 2.00. The molecule has 2 rings (SSSR count). The fraction of sp³-hybridized carbons (Fsp3) is 0.300. The number of Topliss-reactive ketones (excluding diaryl/α,β-unsaturated/α-hetero) is 1. The Bertz CT molecular complexity index is 373. The summed E-state index contributed by atoms with van der Waals surface area (Å²) in [7, 11) is 0. The Morgan fingerprint density at radius 1 is 1.46 bits per heavy atom. The maximum absolute atomic E-state index is 11.5. The van der Waals surface area contributed by atoms with Crippen LogP contribution in [0.1, 0.15) is 22.3 Å². The van der Waals surface area contributed by atoms with Crippen molar-refractivity contribution in [3.8, 4) is 0 Å². The Labute approximate surface area is 81.9 Å². The van der Waals surface area contributed by atoms with E-state index < -0.39 is 0 Å². The van der Waals surface area contributed by atoms with Gasteiger partial charge in [-0.2, -0.15) is 0 Å². The molecule has 0 bridgehead atoms. The van der Waals surface area contributed by atoms with E-state index in [0.29, 0.717) is 18.0 Å². The van der Waals surface area contributed by atoms with Crippen LogP contribution in [0.3, 0.4) is 0 Å². The summed E-state index contributed by atoms with van der Waals surface area (Å²) in [4.78, 5) is 11.5. The molecule has 0 radical (unpaired) electrons. The lowest BCUT2D eigenvalue weighted by Crippen LogP contribution is -2.18. The fourth-order valence-electron chi connectivity index (χ4n) is 1.58. The molecule has 0 amide bonds. The number of anilines is 1. The van der Waals surface area contributed by atoms with E-state index in [-0.39, 0.29) is 5.78 Å². The maximum Gasteiger partial charge on any atom is 0.166 e. The van der Waals surface area contributed by atoms with Crippen LogP contribution in [0.4, 0.5) is 5.69 Å². The van der Waals surface area contributed by atoms with Crippen LogP contribution in [0.5, 0.6) is 0 Å². The number of fused-ring (bicyclic) bond motifs is 1. The third-order valence-electron chi connectivity index (χ3n) is 2.19. The van der Waals surface area contributed by atoms with Gasteiger partial charge in [0.2, 0.25) is 0 Å². The van der Waals surface area contributed by atoms with Gasteiger partial charge in [-0.3, -0.25) is 4.79 Å². The molecular formula is C10H10ClNO. The number of rotatable bonds is 0. The van der Waals surface area contributed by atoms with Gasteiger partial charge in [0.1, 0.15) is 0 Å². The van der Waals surface area contributed by atoms with Gasteiger partial charge in [0.05, 0.1) is 10.7 Å². The summed E-state index contributed by atoms with van der Waals surface area (Å²) in [5, 5.41) is 3.78. The third kappa shape index (κ3) is 1.42. The zero-order chi connectivity index (χ0) is 9.42. The van der Waals surface area contributed by atoms with E-state index in [9.17, 15) is 4.79 Å². The van der Waals surface area contributed by atoms with Gasteiger partial charge in [0.15, 0.2) is 5.78 Å². The zero-order valence-electron chi connectivity index (χ0n) is 7.36. The standard InChI is InChI=1S/C10H10ClNO/c1-6-4-7-9(13)2-3-12-10(7)8(11)5-6/h4-5,12H,2-3H2,1H3. The van der Waals surface area contributed by atoms with Crippen LogP contribution in [0, 0.1) is 6.92 Å². The summed E-state index contributed by atoms with van der Waals surface area (Å²) >= 11 is 6.00. The van der Waals surface area contributed by atoms with E-state index in [4.69, 9.17) is 11.6 Å². The molecule has 3 heteroatoms. The second-order valence-electron chi connectivity index (χ2n) is 3.27. The first-order valence-electron chi connectivity index (χ1n) is 4.25. The van der Waals surface area contributed by atoms with Crippen molar-refractivity contribution in [3.05, 3.63) is 28.3 Å². The van der Waals surface area contributed by atoms with Crippen LogP contribution < -0.4 is 5.32 Å². The highest BCUT2D eigenvalue weighted by atomic mass is 35.5. The Morgan fingerprint density at radius 3 is 3.00 bits per heavy atom. The molecule has 0 unspecified atom stereocenters. The minimum absolute atomic E-state index is 0.180. The molecule has 1 heterocycles. The second-order valence-corrected chi connectivity index (χ2v) is 3.68. The van der Waals surface area contributed by atoms with Gasteiger partial charge in [-0.25, -0.2) is 0 Å². The van der Waals surface area contributed by atoms with Gasteiger partial charge in [-0.05, 0) is 24.6 Å². The van der Waals surface area contributed by atoms with Crippen LogP contribution in [0.25, 0.3) is 0 Å². The number of nitrogens with one attached hydrogen (secondary N) is 1. The number of carbonyl (C=O) groups excluding carboxylic acids is 1. The fourth-order valence-corrected chi connectivity index (χ4v) is 1.92. The minimum Gasteiger partial charge on any atom is -0.383 e. The van der Waals surface area contributed by atoms with Gasteiger partial charge in [-0.1, -0.05) is 11.6 Å². The van der Waals surface area contributed by atoms with Gasteiger partial charge in [0, 0.05) is 18.5 Å². The molecule has 0 atom stereocenters. The lowest BCUT2D eigenvalue weighted by atomic mass is 10.00. The highest BCUT2D eigenvalue weighted by Crippen LogP contribution is 2.30. The first-order valence-corrected chi connectivity index (χ1v) is 4.63. The smallest absolute Gasteiger partial charge is 0.166 e. The second kappa shape index (κ2) is 3.04. The van der Waals surface area contributed by atoms with Crippen molar-refractivity contribution in [1.29, 1.82) is 0 Å². The highest BCUT2D eigenvalue weighted by molar-refractivity contribution is 6.34. The normalized spacial score (nSPS) is 15.1. The average molecular weight is 196 g/mol. The molecule has 1 N–H and O–H groups in total. The van der Waals surface area contributed by atoms with Gasteiger partial charge < -0.3 is 5.32 Å². The predicted octanol–water partition coefficient (Wildman–Crippen LogP) is 2.65. The van der Waals surface area contributed by atoms with Crippen molar-refractivity contribution in [2.24, 2.45) is 0 Å². The quantitative estimate of drug-likeness (QED) is 0.690. The summed E-state index contributed by atoms with van der Waals surface area (Å²) in [5.41, 5.74) is 2.56. The van der Waals surface area contributed by atoms with Crippen LogP contribution in [0.2, 0.25) is 5.02 Å². The molecule has 68 valence electrons. The van der Waals surface area contributed by atoms with Gasteiger partial charge in [0.25, 0.3) is 0 Å². The van der Waals surface area contributed by atoms with Crippen LogP contribution >= 0.6 is 11.6 Å². The molecule has 0 aliphatic carbocycles. The molecule has 1 aliphatic heterocycles. The number of carbonyl (C=O) groups is 1. The Hall–Kier alpha value is -1.02. The molecule has 2 nitrogen and oxygen atoms in total. The molecule has 1 aliphatic rings. The summed E-state index contributed by atoms with van der Waals surface area (Å²) < 4.78 is 0. The minimum atomic E-state index is 0.180. The number of hydrogen-bond acceptors (Lipinski definition) is 2. The molecular weight excluding hydrogens is 186 g/mol. The number of benzene rings is 1. The maximum atomic E-state index is 11.5. The third-order valence-corrected chi connectivity index (χ3v) is 2.49. The van der Waals surface area contributed by atoms with Gasteiger partial charge in [-0.15, -0.1) is 0 Å². The van der Waals surface area contributed by atoms with Crippen molar-refractivity contribution in [2.75, 3.05) is 11.9 Å². The molecule has 13 heavy (non-hydrogen) atoms. The average Bonchev–Trinajstić information content (AvgIpc) is 2.07. The summed E-state index contributed by atoms with van der Waals surface area (Å²) in [6.45, 7) is 2.63. The Balaban J connectivity index is 2.63. The first kappa shape index (κ1) is 8.57. The molecule has 0 aromatic heterocycles. The van der Waals surface area contributed by atoms with E-state index >= 15 is 0 Å². The SMILES string of the molecule is Cc1cc(Cl)c2c(c1)C(=O)CCN2. The monoisotopic (exact) mass is 195 g/mol. The highest BCUT2D eigenvalue weighted by Gasteiger charge is 2.18.